The molecule has 0 unspecified atom stereocenters. The van der Waals surface area contributed by atoms with Crippen LogP contribution in [0.2, 0.25) is 0 Å². The van der Waals surface area contributed by atoms with Crippen molar-refractivity contribution in [2.45, 2.75) is 19.8 Å². The number of rotatable bonds is 4. The Bertz CT molecular complexity index is 497. The minimum Gasteiger partial charge on any atom is -0.478 e. The molecular formula is C15H21BrN2O2. The van der Waals surface area contributed by atoms with Gasteiger partial charge in [0, 0.05) is 16.7 Å². The molecule has 0 aromatic heterocycles. The lowest BCUT2D eigenvalue weighted by Crippen LogP contribution is -2.40. The molecule has 0 radical (unpaired) electrons. The number of carbonyl (C=O) groups is 1. The van der Waals surface area contributed by atoms with Gasteiger partial charge in [0.2, 0.25) is 0 Å². The molecule has 1 aliphatic heterocycles. The monoisotopic (exact) mass is 340 g/mol. The maximum Gasteiger partial charge on any atom is 0.335 e. The van der Waals surface area contributed by atoms with Crippen molar-refractivity contribution in [3.05, 3.63) is 28.2 Å². The van der Waals surface area contributed by atoms with Gasteiger partial charge < -0.3 is 15.3 Å². The summed E-state index contributed by atoms with van der Waals surface area (Å²) in [5.74, 6) is -0.903. The van der Waals surface area contributed by atoms with Gasteiger partial charge in [-0.2, -0.15) is 0 Å². The highest BCUT2D eigenvalue weighted by molar-refractivity contribution is 9.10. The van der Waals surface area contributed by atoms with Crippen molar-refractivity contribution in [2.75, 3.05) is 32.0 Å². The fourth-order valence-corrected chi connectivity index (χ4v) is 2.96. The van der Waals surface area contributed by atoms with E-state index >= 15 is 0 Å². The molecule has 1 aromatic rings. The number of halogens is 1. The molecule has 1 heterocycles. The van der Waals surface area contributed by atoms with E-state index in [2.05, 4.69) is 40.1 Å². The van der Waals surface area contributed by atoms with Gasteiger partial charge in [-0.1, -0.05) is 22.9 Å². The van der Waals surface area contributed by atoms with Crippen LogP contribution in [-0.2, 0) is 0 Å². The lowest BCUT2D eigenvalue weighted by atomic mass is 9.80. The quantitative estimate of drug-likeness (QED) is 0.882. The molecule has 0 amide bonds. The summed E-state index contributed by atoms with van der Waals surface area (Å²) < 4.78 is 0.786. The number of carboxylic acids is 1. The second kappa shape index (κ2) is 6.14. The zero-order valence-electron chi connectivity index (χ0n) is 11.9. The second-order valence-corrected chi connectivity index (χ2v) is 6.92. The van der Waals surface area contributed by atoms with E-state index in [1.807, 2.05) is 6.07 Å². The molecule has 5 heteroatoms. The number of likely N-dealkylation sites (tertiary alicyclic amines) is 1. The van der Waals surface area contributed by atoms with E-state index in [9.17, 15) is 4.79 Å². The average molecular weight is 341 g/mol. The molecule has 2 rings (SSSR count). The molecule has 2 N–H and O–H groups in total. The van der Waals surface area contributed by atoms with Crippen LogP contribution in [0.5, 0.6) is 0 Å². The third-order valence-electron chi connectivity index (χ3n) is 4.06. The Kier molecular flexibility index (Phi) is 4.70. The van der Waals surface area contributed by atoms with Crippen LogP contribution in [-0.4, -0.2) is 42.7 Å². The first kappa shape index (κ1) is 15.3. The van der Waals surface area contributed by atoms with Gasteiger partial charge in [-0.15, -0.1) is 0 Å². The van der Waals surface area contributed by atoms with Crippen molar-refractivity contribution < 1.29 is 9.90 Å². The molecule has 4 nitrogen and oxygen atoms in total. The molecule has 1 aromatic carbocycles. The number of nitrogens with one attached hydrogen (secondary N) is 1. The smallest absolute Gasteiger partial charge is 0.335 e. The molecule has 1 fully saturated rings. The topological polar surface area (TPSA) is 52.6 Å². The molecule has 1 saturated heterocycles. The predicted octanol–water partition coefficient (Wildman–Crippen LogP) is 3.29. The van der Waals surface area contributed by atoms with E-state index in [-0.39, 0.29) is 5.41 Å². The summed E-state index contributed by atoms with van der Waals surface area (Å²) in [6.07, 6.45) is 2.33. The minimum atomic E-state index is -0.903. The summed E-state index contributed by atoms with van der Waals surface area (Å²) in [6.45, 7) is 5.41. The fraction of sp³-hybridized carbons (Fsp3) is 0.533. The highest BCUT2D eigenvalue weighted by atomic mass is 79.9. The van der Waals surface area contributed by atoms with Gasteiger partial charge in [0.1, 0.15) is 0 Å². The summed E-state index contributed by atoms with van der Waals surface area (Å²) in [5.41, 5.74) is 1.44. The zero-order chi connectivity index (χ0) is 14.8. The van der Waals surface area contributed by atoms with Gasteiger partial charge in [0.05, 0.1) is 5.56 Å². The van der Waals surface area contributed by atoms with Gasteiger partial charge in [-0.05, 0) is 56.6 Å². The third kappa shape index (κ3) is 3.96. The molecular weight excluding hydrogens is 320 g/mol. The van der Waals surface area contributed by atoms with Crippen molar-refractivity contribution in [3.8, 4) is 0 Å². The van der Waals surface area contributed by atoms with Crippen LogP contribution in [0.15, 0.2) is 22.7 Å². The van der Waals surface area contributed by atoms with E-state index in [0.29, 0.717) is 5.56 Å². The molecule has 0 atom stereocenters. The Morgan fingerprint density at radius 1 is 1.40 bits per heavy atom. The molecule has 0 aliphatic carbocycles. The summed E-state index contributed by atoms with van der Waals surface area (Å²) in [4.78, 5) is 13.4. The number of hydrogen-bond acceptors (Lipinski definition) is 3. The molecule has 110 valence electrons. The van der Waals surface area contributed by atoms with Crippen LogP contribution in [0.4, 0.5) is 5.69 Å². The van der Waals surface area contributed by atoms with Crippen LogP contribution in [0.1, 0.15) is 30.1 Å². The van der Waals surface area contributed by atoms with Crippen molar-refractivity contribution in [1.82, 2.24) is 4.90 Å². The summed E-state index contributed by atoms with van der Waals surface area (Å²) in [5, 5.41) is 12.5. The Balaban J connectivity index is 2.02. The lowest BCUT2D eigenvalue weighted by molar-refractivity contribution is 0.0697. The van der Waals surface area contributed by atoms with Crippen molar-refractivity contribution >= 4 is 27.6 Å². The van der Waals surface area contributed by atoms with Gasteiger partial charge in [-0.3, -0.25) is 0 Å². The first-order valence-electron chi connectivity index (χ1n) is 6.84. The van der Waals surface area contributed by atoms with E-state index in [0.717, 1.165) is 42.6 Å². The predicted molar refractivity (Wildman–Crippen MR) is 84.4 cm³/mol. The minimum absolute atomic E-state index is 0.276. The van der Waals surface area contributed by atoms with Gasteiger partial charge in [0.25, 0.3) is 0 Å². The van der Waals surface area contributed by atoms with Crippen molar-refractivity contribution in [2.24, 2.45) is 5.41 Å². The van der Waals surface area contributed by atoms with E-state index in [4.69, 9.17) is 5.11 Å². The summed E-state index contributed by atoms with van der Waals surface area (Å²) in [7, 11) is 2.15. The molecule has 20 heavy (non-hydrogen) atoms. The fourth-order valence-electron chi connectivity index (χ4n) is 2.47. The Morgan fingerprint density at radius 3 is 2.65 bits per heavy atom. The van der Waals surface area contributed by atoms with Gasteiger partial charge in [-0.25, -0.2) is 4.79 Å². The lowest BCUT2D eigenvalue weighted by Gasteiger charge is -2.38. The Labute approximate surface area is 128 Å². The third-order valence-corrected chi connectivity index (χ3v) is 4.52. The van der Waals surface area contributed by atoms with Crippen LogP contribution >= 0.6 is 15.9 Å². The molecule has 0 spiro atoms. The Morgan fingerprint density at radius 2 is 2.05 bits per heavy atom. The second-order valence-electron chi connectivity index (χ2n) is 6.00. The first-order valence-corrected chi connectivity index (χ1v) is 7.64. The normalized spacial score (nSPS) is 18.8. The van der Waals surface area contributed by atoms with Crippen LogP contribution in [0, 0.1) is 5.41 Å². The number of nitrogens with zero attached hydrogens (tertiary/aromatic N) is 1. The largest absolute Gasteiger partial charge is 0.478 e. The number of aromatic carboxylic acids is 1. The van der Waals surface area contributed by atoms with Crippen molar-refractivity contribution in [1.29, 1.82) is 0 Å². The van der Waals surface area contributed by atoms with E-state index in [1.165, 1.54) is 0 Å². The maximum absolute atomic E-state index is 11.1. The average Bonchev–Trinajstić information content (AvgIpc) is 2.40. The highest BCUT2D eigenvalue weighted by Crippen LogP contribution is 2.31. The number of hydrogen-bond donors (Lipinski definition) is 2. The van der Waals surface area contributed by atoms with Gasteiger partial charge in [0.15, 0.2) is 0 Å². The maximum atomic E-state index is 11.1. The Hall–Kier alpha value is -1.07. The summed E-state index contributed by atoms with van der Waals surface area (Å²) in [6, 6.07) is 5.22. The number of piperidine rings is 1. The van der Waals surface area contributed by atoms with Gasteiger partial charge >= 0.3 is 5.97 Å². The first-order chi connectivity index (χ1) is 9.38. The van der Waals surface area contributed by atoms with E-state index in [1.54, 1.807) is 12.1 Å². The zero-order valence-corrected chi connectivity index (χ0v) is 13.5. The SMILES string of the molecule is CN1CCC(C)(CNc2cc(Br)cc(C(=O)O)c2)CC1. The number of anilines is 1. The molecule has 0 saturated carbocycles. The standard InChI is InChI=1S/C15H21BrN2O2/c1-15(3-5-18(2)6-4-15)10-17-13-8-11(14(19)20)7-12(16)9-13/h7-9,17H,3-6,10H2,1-2H3,(H,19,20). The molecule has 0 bridgehead atoms. The van der Waals surface area contributed by atoms with Crippen LogP contribution < -0.4 is 5.32 Å². The van der Waals surface area contributed by atoms with E-state index < -0.39 is 5.97 Å². The molecule has 1 aliphatic rings. The van der Waals surface area contributed by atoms with Crippen molar-refractivity contribution in [3.63, 3.8) is 0 Å². The summed E-state index contributed by atoms with van der Waals surface area (Å²) >= 11 is 3.36. The van der Waals surface area contributed by atoms with Crippen LogP contribution in [0.3, 0.4) is 0 Å². The highest BCUT2D eigenvalue weighted by Gasteiger charge is 2.28. The number of benzene rings is 1. The van der Waals surface area contributed by atoms with Crippen LogP contribution in [0.25, 0.3) is 0 Å². The number of carboxylic acid groups (broad SMARTS) is 1.